The van der Waals surface area contributed by atoms with Gasteiger partial charge in [-0.05, 0) is 29.7 Å². The highest BCUT2D eigenvalue weighted by Crippen LogP contribution is 2.32. The summed E-state index contributed by atoms with van der Waals surface area (Å²) < 4.78 is 1.77. The maximum atomic E-state index is 13.3. The van der Waals surface area contributed by atoms with Crippen molar-refractivity contribution in [1.82, 2.24) is 24.7 Å². The molecule has 1 aliphatic heterocycles. The van der Waals surface area contributed by atoms with Crippen LogP contribution in [0.3, 0.4) is 0 Å². The van der Waals surface area contributed by atoms with E-state index < -0.39 is 0 Å². The Morgan fingerprint density at radius 3 is 2.61 bits per heavy atom. The van der Waals surface area contributed by atoms with Crippen molar-refractivity contribution in [2.45, 2.75) is 19.8 Å². The van der Waals surface area contributed by atoms with E-state index >= 15 is 0 Å². The van der Waals surface area contributed by atoms with Gasteiger partial charge in [0.15, 0.2) is 0 Å². The number of nitrogens with one attached hydrogen (secondary N) is 1. The Hall–Kier alpha value is -4.31. The fourth-order valence-corrected chi connectivity index (χ4v) is 5.46. The van der Waals surface area contributed by atoms with Gasteiger partial charge in [0.2, 0.25) is 5.13 Å². The minimum atomic E-state index is -0.235. The molecule has 10 heteroatoms. The Labute approximate surface area is 224 Å². The standard InChI is InChI=1S/C28H28N8OS/c1-19(2)20-7-8-22(25(15-20)34-11-13-35(14-12-34)26-17-29-9-10-30-26)32-27(37)23-18-38-28(33-23)36-24-6-4-3-5-21(24)16-31-36/h3-10,15-19H,11-14H2,1-2H3,(H,32,37). The number of hydrogen-bond donors (Lipinski definition) is 1. The molecule has 9 nitrogen and oxygen atoms in total. The van der Waals surface area contributed by atoms with E-state index in [2.05, 4.69) is 61.1 Å². The highest BCUT2D eigenvalue weighted by Gasteiger charge is 2.23. The zero-order chi connectivity index (χ0) is 26.1. The number of carbonyl (C=O) groups excluding carboxylic acids is 1. The first-order valence-corrected chi connectivity index (χ1v) is 13.5. The molecule has 3 aromatic heterocycles. The van der Waals surface area contributed by atoms with Crippen molar-refractivity contribution >= 4 is 45.3 Å². The minimum Gasteiger partial charge on any atom is -0.366 e. The number of anilines is 3. The zero-order valence-electron chi connectivity index (χ0n) is 21.3. The van der Waals surface area contributed by atoms with Gasteiger partial charge in [-0.3, -0.25) is 9.78 Å². The smallest absolute Gasteiger partial charge is 0.275 e. The lowest BCUT2D eigenvalue weighted by Gasteiger charge is -2.37. The van der Waals surface area contributed by atoms with Gasteiger partial charge in [-0.25, -0.2) is 14.6 Å². The van der Waals surface area contributed by atoms with Crippen molar-refractivity contribution in [2.75, 3.05) is 41.3 Å². The van der Waals surface area contributed by atoms with E-state index in [1.54, 1.807) is 28.7 Å². The van der Waals surface area contributed by atoms with Crippen molar-refractivity contribution in [2.24, 2.45) is 0 Å². The number of fused-ring (bicyclic) bond motifs is 1. The molecule has 1 N–H and O–H groups in total. The summed E-state index contributed by atoms with van der Waals surface area (Å²) in [6, 6.07) is 14.2. The van der Waals surface area contributed by atoms with Gasteiger partial charge in [0.1, 0.15) is 11.5 Å². The maximum absolute atomic E-state index is 13.3. The molecule has 0 aliphatic carbocycles. The van der Waals surface area contributed by atoms with Crippen LogP contribution in [0.25, 0.3) is 16.0 Å². The zero-order valence-corrected chi connectivity index (χ0v) is 22.1. The summed E-state index contributed by atoms with van der Waals surface area (Å²) in [4.78, 5) is 31.1. The number of hydrogen-bond acceptors (Lipinski definition) is 8. The molecular weight excluding hydrogens is 496 g/mol. The molecule has 0 radical (unpaired) electrons. The fourth-order valence-electron chi connectivity index (χ4n) is 4.68. The summed E-state index contributed by atoms with van der Waals surface area (Å²) in [6.07, 6.45) is 7.02. The Balaban J connectivity index is 1.22. The first kappa shape index (κ1) is 24.1. The number of rotatable bonds is 6. The summed E-state index contributed by atoms with van der Waals surface area (Å²) >= 11 is 1.40. The molecule has 0 saturated carbocycles. The van der Waals surface area contributed by atoms with Crippen molar-refractivity contribution in [3.05, 3.63) is 83.9 Å². The van der Waals surface area contributed by atoms with Crippen LogP contribution >= 0.6 is 11.3 Å². The number of aromatic nitrogens is 5. The second-order valence-electron chi connectivity index (χ2n) is 9.55. The molecule has 5 aromatic rings. The molecule has 0 bridgehead atoms. The van der Waals surface area contributed by atoms with Gasteiger partial charge >= 0.3 is 0 Å². The van der Waals surface area contributed by atoms with Crippen LogP contribution in [0.1, 0.15) is 35.8 Å². The highest BCUT2D eigenvalue weighted by molar-refractivity contribution is 7.12. The molecule has 1 saturated heterocycles. The van der Waals surface area contributed by atoms with Gasteiger partial charge in [0.05, 0.1) is 29.3 Å². The van der Waals surface area contributed by atoms with Crippen LogP contribution < -0.4 is 15.1 Å². The van der Waals surface area contributed by atoms with E-state index in [-0.39, 0.29) is 5.91 Å². The fraction of sp³-hybridized carbons (Fsp3) is 0.250. The topological polar surface area (TPSA) is 92.1 Å². The summed E-state index contributed by atoms with van der Waals surface area (Å²) in [5.74, 6) is 1.03. The highest BCUT2D eigenvalue weighted by atomic mass is 32.1. The summed E-state index contributed by atoms with van der Waals surface area (Å²) in [5, 5.41) is 11.1. The molecule has 0 spiro atoms. The number of piperazine rings is 1. The Morgan fingerprint density at radius 2 is 1.82 bits per heavy atom. The van der Waals surface area contributed by atoms with E-state index in [4.69, 9.17) is 0 Å². The Bertz CT molecular complexity index is 1570. The van der Waals surface area contributed by atoms with Crippen molar-refractivity contribution in [3.8, 4) is 5.13 Å². The second kappa shape index (κ2) is 10.2. The third kappa shape index (κ3) is 4.70. The molecule has 2 aromatic carbocycles. The maximum Gasteiger partial charge on any atom is 0.275 e. The van der Waals surface area contributed by atoms with Crippen molar-refractivity contribution in [3.63, 3.8) is 0 Å². The SMILES string of the molecule is CC(C)c1ccc(NC(=O)c2csc(-n3ncc4ccccc43)n2)c(N2CCN(c3cnccn3)CC2)c1. The van der Waals surface area contributed by atoms with Gasteiger partial charge in [-0.1, -0.05) is 38.1 Å². The van der Waals surface area contributed by atoms with Gasteiger partial charge < -0.3 is 15.1 Å². The van der Waals surface area contributed by atoms with Crippen LogP contribution in [0.4, 0.5) is 17.2 Å². The lowest BCUT2D eigenvalue weighted by atomic mass is 10.0. The normalized spacial score (nSPS) is 13.9. The van der Waals surface area contributed by atoms with Crippen molar-refractivity contribution in [1.29, 1.82) is 0 Å². The first-order valence-electron chi connectivity index (χ1n) is 12.7. The number of para-hydroxylation sites is 1. The lowest BCUT2D eigenvalue weighted by molar-refractivity contribution is 0.102. The predicted molar refractivity (Wildman–Crippen MR) is 152 cm³/mol. The van der Waals surface area contributed by atoms with Crippen LogP contribution in [0.2, 0.25) is 0 Å². The summed E-state index contributed by atoms with van der Waals surface area (Å²) in [5.41, 5.74) is 4.37. The third-order valence-electron chi connectivity index (χ3n) is 6.81. The average molecular weight is 525 g/mol. The predicted octanol–water partition coefficient (Wildman–Crippen LogP) is 4.97. The third-order valence-corrected chi connectivity index (χ3v) is 7.63. The Kier molecular flexibility index (Phi) is 6.47. The van der Waals surface area contributed by atoms with Gasteiger partial charge in [0, 0.05) is 49.3 Å². The molecule has 1 fully saturated rings. The lowest BCUT2D eigenvalue weighted by Crippen LogP contribution is -2.47. The molecule has 0 unspecified atom stereocenters. The number of carbonyl (C=O) groups is 1. The quantitative estimate of drug-likeness (QED) is 0.335. The van der Waals surface area contributed by atoms with Crippen LogP contribution in [0.15, 0.2) is 72.6 Å². The number of benzene rings is 2. The number of thiazole rings is 1. The first-order chi connectivity index (χ1) is 18.6. The molecule has 1 amide bonds. The van der Waals surface area contributed by atoms with Gasteiger partial charge in [-0.2, -0.15) is 5.10 Å². The van der Waals surface area contributed by atoms with Crippen LogP contribution in [0, 0.1) is 0 Å². The largest absolute Gasteiger partial charge is 0.366 e. The molecule has 1 aliphatic rings. The average Bonchev–Trinajstić information content (AvgIpc) is 3.61. The number of amides is 1. The second-order valence-corrected chi connectivity index (χ2v) is 10.4. The summed E-state index contributed by atoms with van der Waals surface area (Å²) in [6.45, 7) is 7.64. The van der Waals surface area contributed by atoms with Gasteiger partial charge in [-0.15, -0.1) is 11.3 Å². The Morgan fingerprint density at radius 1 is 1.00 bits per heavy atom. The van der Waals surface area contributed by atoms with E-state index in [0.29, 0.717) is 16.7 Å². The molecule has 38 heavy (non-hydrogen) atoms. The van der Waals surface area contributed by atoms with E-state index in [1.807, 2.05) is 36.5 Å². The van der Waals surface area contributed by atoms with Crippen LogP contribution in [0.5, 0.6) is 0 Å². The summed E-state index contributed by atoms with van der Waals surface area (Å²) in [7, 11) is 0. The van der Waals surface area contributed by atoms with E-state index in [9.17, 15) is 4.79 Å². The monoisotopic (exact) mass is 524 g/mol. The minimum absolute atomic E-state index is 0.235. The van der Waals surface area contributed by atoms with Crippen LogP contribution in [-0.2, 0) is 0 Å². The van der Waals surface area contributed by atoms with Crippen molar-refractivity contribution < 1.29 is 4.79 Å². The molecule has 6 rings (SSSR count). The molecule has 4 heterocycles. The van der Waals surface area contributed by atoms with E-state index in [1.165, 1.54) is 16.9 Å². The number of nitrogens with zero attached hydrogens (tertiary/aromatic N) is 7. The van der Waals surface area contributed by atoms with Crippen LogP contribution in [-0.4, -0.2) is 56.8 Å². The molecule has 0 atom stereocenters. The molecular formula is C28H28N8OS. The van der Waals surface area contributed by atoms with Gasteiger partial charge in [0.25, 0.3) is 5.91 Å². The molecule has 192 valence electrons. The van der Waals surface area contributed by atoms with E-state index in [0.717, 1.165) is 54.3 Å².